The third kappa shape index (κ3) is 5.50. The first-order valence-electron chi connectivity index (χ1n) is 6.91. The average Bonchev–Trinajstić information content (AvgIpc) is 2.74. The van der Waals surface area contributed by atoms with Crippen LogP contribution in [0.1, 0.15) is 38.5 Å². The van der Waals surface area contributed by atoms with E-state index < -0.39 is 0 Å². The number of nitro groups is 1. The first-order chi connectivity index (χ1) is 9.54. The molecule has 1 aliphatic carbocycles. The van der Waals surface area contributed by atoms with Crippen LogP contribution in [0.5, 0.6) is 0 Å². The van der Waals surface area contributed by atoms with Gasteiger partial charge in [-0.1, -0.05) is 12.2 Å². The molecule has 6 nitrogen and oxygen atoms in total. The molecule has 2 atom stereocenters. The second-order valence-electron chi connectivity index (χ2n) is 5.06. The number of rotatable bonds is 8. The van der Waals surface area contributed by atoms with Gasteiger partial charge >= 0.3 is 5.97 Å². The smallest absolute Gasteiger partial charge is 0.305 e. The van der Waals surface area contributed by atoms with Gasteiger partial charge in [-0.25, -0.2) is 0 Å². The monoisotopic (exact) mass is 283 g/mol. The van der Waals surface area contributed by atoms with E-state index in [-0.39, 0.29) is 35.1 Å². The van der Waals surface area contributed by atoms with Crippen molar-refractivity contribution < 1.29 is 19.2 Å². The van der Waals surface area contributed by atoms with Crippen molar-refractivity contribution in [1.82, 2.24) is 0 Å². The van der Waals surface area contributed by atoms with Gasteiger partial charge in [0.25, 0.3) is 0 Å². The van der Waals surface area contributed by atoms with Crippen LogP contribution in [0.2, 0.25) is 0 Å². The zero-order chi connectivity index (χ0) is 15.0. The lowest BCUT2D eigenvalue weighted by atomic mass is 9.92. The second kappa shape index (κ2) is 8.45. The van der Waals surface area contributed by atoms with E-state index in [1.54, 1.807) is 0 Å². The second-order valence-corrected chi connectivity index (χ2v) is 5.06. The maximum Gasteiger partial charge on any atom is 0.305 e. The van der Waals surface area contributed by atoms with Gasteiger partial charge in [-0.2, -0.15) is 0 Å². The van der Waals surface area contributed by atoms with E-state index in [9.17, 15) is 19.7 Å². The number of ether oxygens (including phenoxy) is 1. The molecule has 0 aromatic carbocycles. The fraction of sp³-hybridized carbons (Fsp3) is 0.714. The van der Waals surface area contributed by atoms with Crippen LogP contribution < -0.4 is 0 Å². The molecule has 0 saturated heterocycles. The molecule has 0 bridgehead atoms. The standard InChI is InChI=1S/C14H21NO5/c1-20-14(17)7-5-3-2-4-6-12-11(10-15(18)19)8-9-13(12)16/h2,4,11-12H,3,5-10H2,1H3/b4-2-. The molecule has 0 N–H and O–H groups in total. The predicted molar refractivity (Wildman–Crippen MR) is 72.7 cm³/mol. The quantitative estimate of drug-likeness (QED) is 0.224. The lowest BCUT2D eigenvalue weighted by Gasteiger charge is -2.12. The Morgan fingerprint density at radius 1 is 1.50 bits per heavy atom. The van der Waals surface area contributed by atoms with Crippen LogP contribution >= 0.6 is 0 Å². The summed E-state index contributed by atoms with van der Waals surface area (Å²) in [4.78, 5) is 32.8. The van der Waals surface area contributed by atoms with Gasteiger partial charge in [-0.15, -0.1) is 0 Å². The molecule has 2 unspecified atom stereocenters. The van der Waals surface area contributed by atoms with Crippen LogP contribution in [-0.2, 0) is 14.3 Å². The average molecular weight is 283 g/mol. The molecule has 6 heteroatoms. The van der Waals surface area contributed by atoms with E-state index in [1.807, 2.05) is 12.2 Å². The van der Waals surface area contributed by atoms with E-state index in [0.29, 0.717) is 32.1 Å². The molecule has 112 valence electrons. The van der Waals surface area contributed by atoms with E-state index in [0.717, 1.165) is 6.42 Å². The number of ketones is 1. The van der Waals surface area contributed by atoms with Crippen molar-refractivity contribution in [2.45, 2.75) is 38.5 Å². The summed E-state index contributed by atoms with van der Waals surface area (Å²) in [6.45, 7) is -0.118. The van der Waals surface area contributed by atoms with Crippen LogP contribution in [0.25, 0.3) is 0 Å². The van der Waals surface area contributed by atoms with Crippen LogP contribution in [0.3, 0.4) is 0 Å². The number of methoxy groups -OCH3 is 1. The molecule has 1 aliphatic rings. The molecule has 0 aromatic rings. The third-order valence-corrected chi connectivity index (χ3v) is 3.66. The van der Waals surface area contributed by atoms with Crippen molar-refractivity contribution in [2.24, 2.45) is 11.8 Å². The summed E-state index contributed by atoms with van der Waals surface area (Å²) >= 11 is 0. The van der Waals surface area contributed by atoms with Gasteiger partial charge < -0.3 is 4.74 Å². The van der Waals surface area contributed by atoms with Crippen molar-refractivity contribution in [3.8, 4) is 0 Å². The number of unbranched alkanes of at least 4 members (excludes halogenated alkanes) is 1. The Labute approximate surface area is 118 Å². The molecule has 1 saturated carbocycles. The summed E-state index contributed by atoms with van der Waals surface area (Å²) in [5.74, 6) is -0.430. The molecule has 20 heavy (non-hydrogen) atoms. The SMILES string of the molecule is COC(=O)CCC/C=C\CC1C(=O)CCC1C[N+](=O)[O-]. The molecular formula is C14H21NO5. The Kier molecular flexibility index (Phi) is 6.90. The third-order valence-electron chi connectivity index (χ3n) is 3.66. The minimum atomic E-state index is -0.337. The van der Waals surface area contributed by atoms with Crippen molar-refractivity contribution in [3.63, 3.8) is 0 Å². The van der Waals surface area contributed by atoms with Gasteiger partial charge in [0, 0.05) is 29.6 Å². The number of carbonyl (C=O) groups is 2. The Balaban J connectivity index is 2.29. The zero-order valence-corrected chi connectivity index (χ0v) is 11.7. The van der Waals surface area contributed by atoms with Crippen molar-refractivity contribution >= 4 is 11.8 Å². The summed E-state index contributed by atoms with van der Waals surface area (Å²) in [5.41, 5.74) is 0. The zero-order valence-electron chi connectivity index (χ0n) is 11.7. The molecule has 0 spiro atoms. The van der Waals surface area contributed by atoms with E-state index >= 15 is 0 Å². The Bertz CT molecular complexity index is 391. The highest BCUT2D eigenvalue weighted by atomic mass is 16.6. The highest BCUT2D eigenvalue weighted by Gasteiger charge is 2.36. The fourth-order valence-corrected chi connectivity index (χ4v) is 2.54. The molecule has 0 amide bonds. The van der Waals surface area contributed by atoms with E-state index in [4.69, 9.17) is 0 Å². The largest absolute Gasteiger partial charge is 0.469 e. The van der Waals surface area contributed by atoms with E-state index in [1.165, 1.54) is 7.11 Å². The van der Waals surface area contributed by atoms with Crippen LogP contribution in [0.15, 0.2) is 12.2 Å². The molecule has 0 aromatic heterocycles. The van der Waals surface area contributed by atoms with Gasteiger partial charge in [0.15, 0.2) is 0 Å². The molecule has 1 fully saturated rings. The summed E-state index contributed by atoms with van der Waals surface area (Å²) in [6.07, 6.45) is 7.31. The number of esters is 1. The Hall–Kier alpha value is -1.72. The van der Waals surface area contributed by atoms with Crippen molar-refractivity contribution in [1.29, 1.82) is 0 Å². The van der Waals surface area contributed by atoms with Gasteiger partial charge in [-0.3, -0.25) is 19.7 Å². The van der Waals surface area contributed by atoms with Crippen molar-refractivity contribution in [3.05, 3.63) is 22.3 Å². The molecular weight excluding hydrogens is 262 g/mol. The number of allylic oxidation sites excluding steroid dienone is 2. The number of carbonyl (C=O) groups excluding carboxylic acids is 2. The summed E-state index contributed by atoms with van der Waals surface area (Å²) in [7, 11) is 1.36. The lowest BCUT2D eigenvalue weighted by molar-refractivity contribution is -0.489. The lowest BCUT2D eigenvalue weighted by Crippen LogP contribution is -2.21. The van der Waals surface area contributed by atoms with Gasteiger partial charge in [0.05, 0.1) is 7.11 Å². The Morgan fingerprint density at radius 2 is 2.25 bits per heavy atom. The normalized spacial score (nSPS) is 22.4. The van der Waals surface area contributed by atoms with Crippen molar-refractivity contribution in [2.75, 3.05) is 13.7 Å². The highest BCUT2D eigenvalue weighted by molar-refractivity contribution is 5.83. The van der Waals surface area contributed by atoms with Gasteiger partial charge in [0.1, 0.15) is 5.78 Å². The molecule has 0 radical (unpaired) electrons. The van der Waals surface area contributed by atoms with E-state index in [2.05, 4.69) is 4.74 Å². The van der Waals surface area contributed by atoms with Crippen LogP contribution in [0, 0.1) is 22.0 Å². The summed E-state index contributed by atoms with van der Waals surface area (Å²) in [6, 6.07) is 0. The number of Topliss-reactive ketones (excluding diaryl/α,β-unsaturated/α-hetero) is 1. The van der Waals surface area contributed by atoms with Gasteiger partial charge in [-0.05, 0) is 25.7 Å². The first kappa shape index (κ1) is 16.3. The topological polar surface area (TPSA) is 86.5 Å². The van der Waals surface area contributed by atoms with Gasteiger partial charge in [0.2, 0.25) is 6.54 Å². The number of hydrogen-bond donors (Lipinski definition) is 0. The minimum Gasteiger partial charge on any atom is -0.469 e. The fourth-order valence-electron chi connectivity index (χ4n) is 2.54. The number of hydrogen-bond acceptors (Lipinski definition) is 5. The molecule has 0 heterocycles. The summed E-state index contributed by atoms with van der Waals surface area (Å²) < 4.78 is 4.53. The van der Waals surface area contributed by atoms with Crippen LogP contribution in [0.4, 0.5) is 0 Å². The highest BCUT2D eigenvalue weighted by Crippen LogP contribution is 2.31. The van der Waals surface area contributed by atoms with Crippen LogP contribution in [-0.4, -0.2) is 30.3 Å². The molecule has 0 aliphatic heterocycles. The maximum atomic E-state index is 11.7. The predicted octanol–water partition coefficient (Wildman–Crippen LogP) is 2.15. The minimum absolute atomic E-state index is 0.118. The summed E-state index contributed by atoms with van der Waals surface area (Å²) in [5, 5.41) is 10.5. The first-order valence-corrected chi connectivity index (χ1v) is 6.91. The maximum absolute atomic E-state index is 11.7. The molecule has 1 rings (SSSR count). The Morgan fingerprint density at radius 3 is 2.90 bits per heavy atom. The number of nitrogens with zero attached hydrogens (tertiary/aromatic N) is 1.